The Labute approximate surface area is 112 Å². The molecule has 2 rings (SSSR count). The molecule has 0 saturated heterocycles. The Balaban J connectivity index is 2.18. The van der Waals surface area contributed by atoms with Crippen LogP contribution in [0, 0.1) is 5.92 Å². The lowest BCUT2D eigenvalue weighted by Crippen LogP contribution is -2.18. The monoisotopic (exact) mass is 267 g/mol. The van der Waals surface area contributed by atoms with Crippen LogP contribution in [-0.2, 0) is 4.74 Å². The molecule has 0 amide bonds. The molecule has 2 unspecified atom stereocenters. The van der Waals surface area contributed by atoms with Gasteiger partial charge in [-0.15, -0.1) is 0 Å². The van der Waals surface area contributed by atoms with E-state index in [0.717, 1.165) is 24.4 Å². The van der Waals surface area contributed by atoms with Crippen molar-refractivity contribution in [3.63, 3.8) is 0 Å². The van der Waals surface area contributed by atoms with E-state index in [1.165, 1.54) is 13.5 Å². The van der Waals surface area contributed by atoms with Gasteiger partial charge < -0.3 is 10.1 Å². The molecule has 3 nitrogen and oxygen atoms in total. The summed E-state index contributed by atoms with van der Waals surface area (Å²) in [6, 6.07) is 5.71. The van der Waals surface area contributed by atoms with E-state index in [9.17, 15) is 4.79 Å². The normalized spacial score (nSPS) is 22.8. The van der Waals surface area contributed by atoms with Crippen LogP contribution in [0.15, 0.2) is 18.2 Å². The molecule has 2 atom stereocenters. The van der Waals surface area contributed by atoms with Gasteiger partial charge in [-0.1, -0.05) is 18.5 Å². The van der Waals surface area contributed by atoms with E-state index in [4.69, 9.17) is 16.3 Å². The van der Waals surface area contributed by atoms with E-state index in [-0.39, 0.29) is 5.97 Å². The fourth-order valence-electron chi connectivity index (χ4n) is 2.48. The zero-order chi connectivity index (χ0) is 13.1. The van der Waals surface area contributed by atoms with Crippen LogP contribution in [0.1, 0.15) is 36.5 Å². The van der Waals surface area contributed by atoms with Crippen molar-refractivity contribution in [1.82, 2.24) is 0 Å². The number of nitrogens with one attached hydrogen (secondary N) is 1. The van der Waals surface area contributed by atoms with Crippen LogP contribution in [0.4, 0.5) is 5.69 Å². The number of methoxy groups -OCH3 is 1. The van der Waals surface area contributed by atoms with Crippen molar-refractivity contribution in [1.29, 1.82) is 0 Å². The second-order valence-electron chi connectivity index (χ2n) is 4.94. The lowest BCUT2D eigenvalue weighted by molar-refractivity contribution is 0.0602. The maximum atomic E-state index is 11.7. The minimum Gasteiger partial charge on any atom is -0.465 e. The summed E-state index contributed by atoms with van der Waals surface area (Å²) in [7, 11) is 1.38. The third-order valence-electron chi connectivity index (χ3n) is 3.44. The highest BCUT2D eigenvalue weighted by molar-refractivity contribution is 6.31. The Bertz CT molecular complexity index is 447. The van der Waals surface area contributed by atoms with Gasteiger partial charge in [0.05, 0.1) is 12.7 Å². The van der Waals surface area contributed by atoms with Crippen LogP contribution in [0.5, 0.6) is 0 Å². The minimum atomic E-state index is -0.356. The molecule has 1 aromatic rings. The van der Waals surface area contributed by atoms with E-state index < -0.39 is 0 Å². The van der Waals surface area contributed by atoms with Crippen molar-refractivity contribution in [2.24, 2.45) is 5.92 Å². The van der Waals surface area contributed by atoms with E-state index in [2.05, 4.69) is 12.2 Å². The van der Waals surface area contributed by atoms with Crippen LogP contribution in [0.3, 0.4) is 0 Å². The van der Waals surface area contributed by atoms with Crippen molar-refractivity contribution in [2.45, 2.75) is 32.2 Å². The Morgan fingerprint density at radius 1 is 1.44 bits per heavy atom. The van der Waals surface area contributed by atoms with Crippen molar-refractivity contribution in [2.75, 3.05) is 12.4 Å². The maximum Gasteiger partial charge on any atom is 0.340 e. The average Bonchev–Trinajstić information content (AvgIpc) is 2.76. The highest BCUT2D eigenvalue weighted by atomic mass is 35.5. The number of carbonyl (C=O) groups is 1. The van der Waals surface area contributed by atoms with Crippen molar-refractivity contribution < 1.29 is 9.53 Å². The second-order valence-corrected chi connectivity index (χ2v) is 5.38. The maximum absolute atomic E-state index is 11.7. The Morgan fingerprint density at radius 2 is 2.22 bits per heavy atom. The number of anilines is 1. The smallest absolute Gasteiger partial charge is 0.340 e. The average molecular weight is 268 g/mol. The molecule has 1 aromatic carbocycles. The largest absolute Gasteiger partial charge is 0.465 e. The summed E-state index contributed by atoms with van der Waals surface area (Å²) in [5.41, 5.74) is 1.31. The van der Waals surface area contributed by atoms with Gasteiger partial charge in [0, 0.05) is 16.8 Å². The van der Waals surface area contributed by atoms with Gasteiger partial charge in [-0.2, -0.15) is 0 Å². The number of rotatable bonds is 3. The first-order valence-electron chi connectivity index (χ1n) is 6.24. The van der Waals surface area contributed by atoms with E-state index >= 15 is 0 Å². The predicted octanol–water partition coefficient (Wildman–Crippen LogP) is 3.73. The number of ether oxygens (including phenoxy) is 1. The quantitative estimate of drug-likeness (QED) is 0.848. The molecular weight excluding hydrogens is 250 g/mol. The molecular formula is C14H18ClNO2. The Kier molecular flexibility index (Phi) is 4.12. The molecule has 18 heavy (non-hydrogen) atoms. The van der Waals surface area contributed by atoms with Crippen molar-refractivity contribution in [3.05, 3.63) is 28.8 Å². The molecule has 1 saturated carbocycles. The number of carbonyl (C=O) groups excluding carboxylic acids is 1. The zero-order valence-corrected chi connectivity index (χ0v) is 11.5. The van der Waals surface area contributed by atoms with E-state index in [0.29, 0.717) is 16.6 Å². The van der Waals surface area contributed by atoms with Crippen LogP contribution in [0.2, 0.25) is 5.02 Å². The first-order chi connectivity index (χ1) is 8.60. The summed E-state index contributed by atoms with van der Waals surface area (Å²) < 4.78 is 4.78. The van der Waals surface area contributed by atoms with Crippen LogP contribution in [0.25, 0.3) is 0 Å². The highest BCUT2D eigenvalue weighted by Gasteiger charge is 2.23. The SMILES string of the molecule is COC(=O)c1cc(Cl)ccc1NC1CCC(C)C1. The molecule has 1 aliphatic carbocycles. The summed E-state index contributed by atoms with van der Waals surface area (Å²) in [6.45, 7) is 2.25. The first-order valence-corrected chi connectivity index (χ1v) is 6.62. The summed E-state index contributed by atoms with van der Waals surface area (Å²) >= 11 is 5.92. The lowest BCUT2D eigenvalue weighted by Gasteiger charge is -2.16. The van der Waals surface area contributed by atoms with Crippen LogP contribution in [-0.4, -0.2) is 19.1 Å². The number of esters is 1. The van der Waals surface area contributed by atoms with Crippen LogP contribution >= 0.6 is 11.6 Å². The van der Waals surface area contributed by atoms with Gasteiger partial charge in [-0.05, 0) is 43.4 Å². The Hall–Kier alpha value is -1.22. The highest BCUT2D eigenvalue weighted by Crippen LogP contribution is 2.29. The molecule has 0 spiro atoms. The first kappa shape index (κ1) is 13.2. The van der Waals surface area contributed by atoms with Crippen molar-refractivity contribution >= 4 is 23.3 Å². The second kappa shape index (κ2) is 5.61. The molecule has 4 heteroatoms. The minimum absolute atomic E-state index is 0.356. The summed E-state index contributed by atoms with van der Waals surface area (Å²) in [6.07, 6.45) is 3.52. The van der Waals surface area contributed by atoms with Crippen LogP contribution < -0.4 is 5.32 Å². The third-order valence-corrected chi connectivity index (χ3v) is 3.68. The third kappa shape index (κ3) is 2.96. The molecule has 0 aliphatic heterocycles. The predicted molar refractivity (Wildman–Crippen MR) is 73.2 cm³/mol. The van der Waals surface area contributed by atoms with Gasteiger partial charge in [0.2, 0.25) is 0 Å². The molecule has 0 aromatic heterocycles. The summed E-state index contributed by atoms with van der Waals surface area (Å²) in [4.78, 5) is 11.7. The number of benzene rings is 1. The fraction of sp³-hybridized carbons (Fsp3) is 0.500. The molecule has 0 heterocycles. The molecule has 1 aliphatic rings. The fourth-order valence-corrected chi connectivity index (χ4v) is 2.65. The number of hydrogen-bond acceptors (Lipinski definition) is 3. The molecule has 0 bridgehead atoms. The lowest BCUT2D eigenvalue weighted by atomic mass is 10.1. The van der Waals surface area contributed by atoms with Gasteiger partial charge in [0.1, 0.15) is 0 Å². The van der Waals surface area contributed by atoms with Gasteiger partial charge in [-0.25, -0.2) is 4.79 Å². The summed E-state index contributed by atoms with van der Waals surface area (Å²) in [5.74, 6) is 0.391. The van der Waals surface area contributed by atoms with E-state index in [1.807, 2.05) is 6.07 Å². The summed E-state index contributed by atoms with van der Waals surface area (Å²) in [5, 5.41) is 3.97. The Morgan fingerprint density at radius 3 is 2.83 bits per heavy atom. The molecule has 98 valence electrons. The number of halogens is 1. The molecule has 1 fully saturated rings. The molecule has 0 radical (unpaired) electrons. The van der Waals surface area contributed by atoms with E-state index in [1.54, 1.807) is 12.1 Å². The zero-order valence-electron chi connectivity index (χ0n) is 10.7. The standard InChI is InChI=1S/C14H18ClNO2/c1-9-3-5-11(7-9)16-13-6-4-10(15)8-12(13)14(17)18-2/h4,6,8-9,11,16H,3,5,7H2,1-2H3. The van der Waals surface area contributed by atoms with Gasteiger partial charge >= 0.3 is 5.97 Å². The van der Waals surface area contributed by atoms with Crippen molar-refractivity contribution in [3.8, 4) is 0 Å². The topological polar surface area (TPSA) is 38.3 Å². The van der Waals surface area contributed by atoms with Gasteiger partial charge in [0.15, 0.2) is 0 Å². The number of hydrogen-bond donors (Lipinski definition) is 1. The van der Waals surface area contributed by atoms with Gasteiger partial charge in [0.25, 0.3) is 0 Å². The van der Waals surface area contributed by atoms with Gasteiger partial charge in [-0.3, -0.25) is 0 Å². The molecule has 1 N–H and O–H groups in total.